The Morgan fingerprint density at radius 2 is 1.52 bits per heavy atom. The molecule has 0 atom stereocenters. The smallest absolute Gasteiger partial charge is 0.102 e. The minimum atomic E-state index is -0.0828. The van der Waals surface area contributed by atoms with E-state index in [-0.39, 0.29) is 22.3 Å². The monoisotopic (exact) mass is 397 g/mol. The first kappa shape index (κ1) is 19.5. The second-order valence-electron chi connectivity index (χ2n) is 7.08. The Morgan fingerprint density at radius 1 is 0.903 bits per heavy atom. The summed E-state index contributed by atoms with van der Waals surface area (Å²) in [4.78, 5) is 0. The highest BCUT2D eigenvalue weighted by atomic mass is 14.9. The van der Waals surface area contributed by atoms with Crippen LogP contribution in [0.2, 0.25) is 0 Å². The number of aryl methyl sites for hydroxylation is 1. The maximum atomic E-state index is 10.0. The first-order valence-electron chi connectivity index (χ1n) is 9.55. The van der Waals surface area contributed by atoms with Crippen LogP contribution < -0.4 is 5.32 Å². The molecule has 1 aliphatic heterocycles. The van der Waals surface area contributed by atoms with E-state index < -0.39 is 0 Å². The molecular formula is C26H15N5. The second-order valence-corrected chi connectivity index (χ2v) is 7.08. The van der Waals surface area contributed by atoms with Crippen LogP contribution in [0.1, 0.15) is 38.9 Å². The lowest BCUT2D eigenvalue weighted by Gasteiger charge is -2.25. The van der Waals surface area contributed by atoms with Gasteiger partial charge in [-0.1, -0.05) is 49.1 Å². The van der Waals surface area contributed by atoms with Crippen LogP contribution in [0.3, 0.4) is 0 Å². The van der Waals surface area contributed by atoms with E-state index in [1.165, 1.54) is 0 Å². The third-order valence-electron chi connectivity index (χ3n) is 5.57. The van der Waals surface area contributed by atoms with Gasteiger partial charge in [-0.05, 0) is 23.6 Å². The van der Waals surface area contributed by atoms with Crippen molar-refractivity contribution in [1.29, 1.82) is 21.0 Å². The molecular weight excluding hydrogens is 382 g/mol. The molecule has 0 aliphatic carbocycles. The van der Waals surface area contributed by atoms with Gasteiger partial charge in [0, 0.05) is 28.4 Å². The van der Waals surface area contributed by atoms with Crippen molar-refractivity contribution in [1.82, 2.24) is 0 Å². The molecule has 1 N–H and O–H groups in total. The number of hydrogen-bond acceptors (Lipinski definition) is 5. The maximum absolute atomic E-state index is 10.0. The van der Waals surface area contributed by atoms with E-state index >= 15 is 0 Å². The van der Waals surface area contributed by atoms with Gasteiger partial charge in [-0.3, -0.25) is 0 Å². The molecule has 0 aromatic heterocycles. The van der Waals surface area contributed by atoms with Crippen LogP contribution >= 0.6 is 0 Å². The van der Waals surface area contributed by atoms with Crippen LogP contribution in [0.15, 0.2) is 36.9 Å². The average Bonchev–Trinajstić information content (AvgIpc) is 2.81. The molecule has 4 rings (SSSR count). The molecule has 144 valence electrons. The summed E-state index contributed by atoms with van der Waals surface area (Å²) in [7, 11) is 0. The lowest BCUT2D eigenvalue weighted by molar-refractivity contribution is 1.31. The highest BCUT2D eigenvalue weighted by Crippen LogP contribution is 2.47. The Labute approximate surface area is 180 Å². The van der Waals surface area contributed by atoms with E-state index in [0.717, 1.165) is 27.9 Å². The summed E-state index contributed by atoms with van der Waals surface area (Å²) in [5, 5.41) is 43.8. The lowest BCUT2D eigenvalue weighted by atomic mass is 9.80. The zero-order valence-corrected chi connectivity index (χ0v) is 16.7. The quantitative estimate of drug-likeness (QED) is 0.624. The van der Waals surface area contributed by atoms with Crippen LogP contribution in [0.5, 0.6) is 0 Å². The predicted molar refractivity (Wildman–Crippen MR) is 121 cm³/mol. The standard InChI is InChI=1S/C26H15N5/c1-3-16-23-21(13-29)19(11-27)20(12-28)22(14-30)24(23)18-9-6-10-31-26(18)25(16)17-8-5-4-7-15(17)2/h3-9,31H,1,10H2,2H3. The maximum Gasteiger partial charge on any atom is 0.102 e. The predicted octanol–water partition coefficient (Wildman–Crippen LogP) is 5.38. The fourth-order valence-corrected chi connectivity index (χ4v) is 4.28. The molecule has 0 saturated carbocycles. The van der Waals surface area contributed by atoms with E-state index in [1.54, 1.807) is 6.08 Å². The van der Waals surface area contributed by atoms with E-state index in [4.69, 9.17) is 0 Å². The third-order valence-corrected chi connectivity index (χ3v) is 5.57. The Balaban J connectivity index is 2.43. The number of rotatable bonds is 2. The first-order chi connectivity index (χ1) is 15.1. The van der Waals surface area contributed by atoms with Gasteiger partial charge in [0.2, 0.25) is 0 Å². The molecule has 3 aromatic carbocycles. The Bertz CT molecular complexity index is 1500. The average molecular weight is 397 g/mol. The van der Waals surface area contributed by atoms with Crippen molar-refractivity contribution in [3.8, 4) is 35.4 Å². The fourth-order valence-electron chi connectivity index (χ4n) is 4.28. The van der Waals surface area contributed by atoms with Crippen molar-refractivity contribution in [2.24, 2.45) is 0 Å². The van der Waals surface area contributed by atoms with Crippen LogP contribution in [-0.2, 0) is 0 Å². The molecule has 0 bridgehead atoms. The molecule has 5 nitrogen and oxygen atoms in total. The molecule has 5 heteroatoms. The van der Waals surface area contributed by atoms with Gasteiger partial charge in [0.15, 0.2) is 0 Å². The molecule has 0 spiro atoms. The summed E-state index contributed by atoms with van der Waals surface area (Å²) >= 11 is 0. The Kier molecular flexibility index (Phi) is 4.73. The molecule has 1 aliphatic rings. The van der Waals surface area contributed by atoms with Gasteiger partial charge in [-0.15, -0.1) is 0 Å². The fraction of sp³-hybridized carbons (Fsp3) is 0.0769. The van der Waals surface area contributed by atoms with Gasteiger partial charge < -0.3 is 5.32 Å². The van der Waals surface area contributed by atoms with E-state index in [1.807, 2.05) is 55.5 Å². The summed E-state index contributed by atoms with van der Waals surface area (Å²) < 4.78 is 0. The molecule has 31 heavy (non-hydrogen) atoms. The van der Waals surface area contributed by atoms with Crippen molar-refractivity contribution in [3.05, 3.63) is 75.9 Å². The minimum absolute atomic E-state index is 0.0751. The van der Waals surface area contributed by atoms with Crippen molar-refractivity contribution in [3.63, 3.8) is 0 Å². The van der Waals surface area contributed by atoms with E-state index in [0.29, 0.717) is 22.9 Å². The summed E-state index contributed by atoms with van der Waals surface area (Å²) in [6.07, 6.45) is 5.48. The number of anilines is 1. The van der Waals surface area contributed by atoms with Gasteiger partial charge in [0.25, 0.3) is 0 Å². The van der Waals surface area contributed by atoms with Gasteiger partial charge in [0.1, 0.15) is 24.3 Å². The SMILES string of the molecule is C=Cc1c(-c2ccccc2C)c2c(c3c(C#N)c(C#N)c(C#N)c(C#N)c13)C=CCN2. The van der Waals surface area contributed by atoms with Crippen molar-refractivity contribution in [2.75, 3.05) is 11.9 Å². The molecule has 0 radical (unpaired) electrons. The summed E-state index contributed by atoms with van der Waals surface area (Å²) in [6, 6.07) is 16.1. The molecule has 0 saturated heterocycles. The van der Waals surface area contributed by atoms with E-state index in [2.05, 4.69) is 24.0 Å². The van der Waals surface area contributed by atoms with E-state index in [9.17, 15) is 21.0 Å². The normalized spacial score (nSPS) is 11.4. The number of nitrogens with one attached hydrogen (secondary N) is 1. The second kappa shape index (κ2) is 7.53. The van der Waals surface area contributed by atoms with Gasteiger partial charge in [-0.2, -0.15) is 21.0 Å². The Hall–Kier alpha value is -4.84. The zero-order chi connectivity index (χ0) is 22.1. The number of nitrogens with zero attached hydrogens (tertiary/aromatic N) is 4. The van der Waals surface area contributed by atoms with Crippen molar-refractivity contribution >= 4 is 28.6 Å². The summed E-state index contributed by atoms with van der Waals surface area (Å²) in [6.45, 7) is 6.59. The molecule has 3 aromatic rings. The van der Waals surface area contributed by atoms with Crippen LogP contribution in [0.4, 0.5) is 5.69 Å². The summed E-state index contributed by atoms with van der Waals surface area (Å²) in [5.41, 5.74) is 5.06. The van der Waals surface area contributed by atoms with Gasteiger partial charge in [-0.25, -0.2) is 0 Å². The molecule has 0 amide bonds. The topological polar surface area (TPSA) is 107 Å². The number of benzene rings is 3. The van der Waals surface area contributed by atoms with Crippen molar-refractivity contribution in [2.45, 2.75) is 6.92 Å². The Morgan fingerprint density at radius 3 is 2.10 bits per heavy atom. The third kappa shape index (κ3) is 2.67. The summed E-state index contributed by atoms with van der Waals surface area (Å²) in [5.74, 6) is 0. The van der Waals surface area contributed by atoms with Crippen LogP contribution in [0, 0.1) is 52.2 Å². The highest BCUT2D eigenvalue weighted by Gasteiger charge is 2.28. The highest BCUT2D eigenvalue weighted by molar-refractivity contribution is 6.14. The molecule has 1 heterocycles. The van der Waals surface area contributed by atoms with Gasteiger partial charge in [0.05, 0.1) is 27.9 Å². The minimum Gasteiger partial charge on any atom is -0.381 e. The van der Waals surface area contributed by atoms with Crippen molar-refractivity contribution < 1.29 is 0 Å². The first-order valence-corrected chi connectivity index (χ1v) is 9.55. The molecule has 0 unspecified atom stereocenters. The number of hydrogen-bond donors (Lipinski definition) is 1. The zero-order valence-electron chi connectivity index (χ0n) is 16.7. The number of fused-ring (bicyclic) bond motifs is 3. The van der Waals surface area contributed by atoms with Crippen LogP contribution in [-0.4, -0.2) is 6.54 Å². The molecule has 0 fully saturated rings. The van der Waals surface area contributed by atoms with Crippen LogP contribution in [0.25, 0.3) is 34.1 Å². The van der Waals surface area contributed by atoms with Gasteiger partial charge >= 0.3 is 0 Å². The largest absolute Gasteiger partial charge is 0.381 e. The lowest BCUT2D eigenvalue weighted by Crippen LogP contribution is -2.11. The number of nitriles is 4.